The first kappa shape index (κ1) is 22.1. The molecule has 0 radical (unpaired) electrons. The Morgan fingerprint density at radius 2 is 1.09 bits per heavy atom. The first-order valence-electron chi connectivity index (χ1n) is 11.1. The summed E-state index contributed by atoms with van der Waals surface area (Å²) in [6.07, 6.45) is 1.57. The number of aromatic hydroxyl groups is 1. The lowest BCUT2D eigenvalue weighted by atomic mass is 9.93. The van der Waals surface area contributed by atoms with Crippen LogP contribution in [0.4, 0.5) is 0 Å². The van der Waals surface area contributed by atoms with Crippen molar-refractivity contribution in [1.29, 1.82) is 0 Å². The summed E-state index contributed by atoms with van der Waals surface area (Å²) in [5.41, 5.74) is 3.67. The maximum absolute atomic E-state index is 12.5. The molecule has 0 aliphatic carbocycles. The van der Waals surface area contributed by atoms with Crippen LogP contribution >= 0.6 is 0 Å². The van der Waals surface area contributed by atoms with Crippen LogP contribution in [0.5, 0.6) is 5.75 Å². The van der Waals surface area contributed by atoms with Crippen LogP contribution in [0.2, 0.25) is 5.04 Å². The Bertz CT molecular complexity index is 1110. The molecular formula is C29H30O2Si. The number of hydrogen-bond donors (Lipinski definition) is 2. The molecular weight excluding hydrogens is 408 g/mol. The fourth-order valence-corrected chi connectivity index (χ4v) is 8.34. The van der Waals surface area contributed by atoms with Gasteiger partial charge >= 0.3 is 0 Å². The Morgan fingerprint density at radius 1 is 0.625 bits per heavy atom. The Labute approximate surface area is 192 Å². The molecule has 0 heterocycles. The first-order chi connectivity index (χ1) is 15.4. The minimum absolute atomic E-state index is 0.282. The molecule has 0 bridgehead atoms. The monoisotopic (exact) mass is 438 g/mol. The van der Waals surface area contributed by atoms with Gasteiger partial charge in [-0.3, -0.25) is 0 Å². The van der Waals surface area contributed by atoms with Gasteiger partial charge in [-0.1, -0.05) is 111 Å². The van der Waals surface area contributed by atoms with Gasteiger partial charge in [0.15, 0.2) is 0 Å². The van der Waals surface area contributed by atoms with Crippen LogP contribution in [-0.2, 0) is 12.8 Å². The van der Waals surface area contributed by atoms with E-state index in [9.17, 15) is 9.90 Å². The van der Waals surface area contributed by atoms with Gasteiger partial charge in [0.05, 0.1) is 0 Å². The van der Waals surface area contributed by atoms with E-state index in [1.165, 1.54) is 11.1 Å². The van der Waals surface area contributed by atoms with Crippen LogP contribution in [0.25, 0.3) is 0 Å². The molecule has 2 N–H and O–H groups in total. The summed E-state index contributed by atoms with van der Waals surface area (Å²) in [5.74, 6) is 0.282. The number of rotatable bonds is 7. The van der Waals surface area contributed by atoms with Crippen molar-refractivity contribution in [1.82, 2.24) is 0 Å². The molecule has 0 fully saturated rings. The first-order valence-corrected chi connectivity index (χ1v) is 13.0. The summed E-state index contributed by atoms with van der Waals surface area (Å²) in [7, 11) is -3.07. The van der Waals surface area contributed by atoms with E-state index >= 15 is 0 Å². The maximum Gasteiger partial charge on any atom is 0.258 e. The van der Waals surface area contributed by atoms with E-state index in [0.717, 1.165) is 28.8 Å². The molecule has 2 nitrogen and oxygen atoms in total. The molecule has 162 valence electrons. The third kappa shape index (κ3) is 4.40. The number of benzene rings is 4. The van der Waals surface area contributed by atoms with Crippen molar-refractivity contribution >= 4 is 18.7 Å². The van der Waals surface area contributed by atoms with E-state index in [1.54, 1.807) is 12.1 Å². The summed E-state index contributed by atoms with van der Waals surface area (Å²) in [5, 5.41) is 11.3. The number of hydrogen-bond acceptors (Lipinski definition) is 2. The van der Waals surface area contributed by atoms with Crippen LogP contribution in [-0.4, -0.2) is 18.2 Å². The van der Waals surface area contributed by atoms with E-state index in [4.69, 9.17) is 0 Å². The number of phenolic OH excluding ortho intramolecular Hbond substituents is 1. The molecule has 0 amide bonds. The lowest BCUT2D eigenvalue weighted by Gasteiger charge is -2.41. The second kappa shape index (κ2) is 9.15. The predicted molar refractivity (Wildman–Crippen MR) is 135 cm³/mol. The van der Waals surface area contributed by atoms with Gasteiger partial charge in [0, 0.05) is 0 Å². The molecule has 0 saturated heterocycles. The highest BCUT2D eigenvalue weighted by molar-refractivity contribution is 6.98. The molecule has 0 unspecified atom stereocenters. The van der Waals surface area contributed by atoms with Crippen molar-refractivity contribution in [2.45, 2.75) is 31.7 Å². The van der Waals surface area contributed by atoms with Crippen molar-refractivity contribution < 1.29 is 9.90 Å². The minimum Gasteiger partial charge on any atom is -0.508 e. The van der Waals surface area contributed by atoms with Crippen LogP contribution in [0.15, 0.2) is 109 Å². The third-order valence-electron chi connectivity index (χ3n) is 6.44. The van der Waals surface area contributed by atoms with Crippen LogP contribution < -0.4 is 10.4 Å². The van der Waals surface area contributed by atoms with Gasteiger partial charge in [0.1, 0.15) is 5.75 Å². The molecule has 0 aliphatic heterocycles. The topological polar surface area (TPSA) is 40.5 Å². The van der Waals surface area contributed by atoms with Crippen molar-refractivity contribution in [3.05, 3.63) is 126 Å². The average Bonchev–Trinajstić information content (AvgIpc) is 2.82. The van der Waals surface area contributed by atoms with Gasteiger partial charge in [-0.05, 0) is 57.1 Å². The van der Waals surface area contributed by atoms with E-state index in [1.807, 2.05) is 48.5 Å². The number of phenols is 1. The highest BCUT2D eigenvalue weighted by Gasteiger charge is 2.49. The van der Waals surface area contributed by atoms with Gasteiger partial charge in [-0.15, -0.1) is 0 Å². The van der Waals surface area contributed by atoms with E-state index in [0.29, 0.717) is 0 Å². The molecule has 4 rings (SSSR count). The summed E-state index contributed by atoms with van der Waals surface area (Å²) >= 11 is 0. The Balaban J connectivity index is 1.73. The van der Waals surface area contributed by atoms with Crippen molar-refractivity contribution in [3.63, 3.8) is 0 Å². The van der Waals surface area contributed by atoms with Gasteiger partial charge in [0.25, 0.3) is 8.32 Å². The highest BCUT2D eigenvalue weighted by atomic mass is 28.4. The minimum atomic E-state index is -3.07. The Kier molecular flexibility index (Phi) is 6.31. The lowest BCUT2D eigenvalue weighted by molar-refractivity contribution is 0.475. The maximum atomic E-state index is 12.5. The molecule has 3 heteroatoms. The van der Waals surface area contributed by atoms with Crippen LogP contribution in [0.1, 0.15) is 30.5 Å². The highest BCUT2D eigenvalue weighted by Crippen LogP contribution is 2.39. The third-order valence-corrected chi connectivity index (χ3v) is 10.9. The quantitative estimate of drug-likeness (QED) is 0.396. The fraction of sp³-hybridized carbons (Fsp3) is 0.172. The van der Waals surface area contributed by atoms with E-state index < -0.39 is 8.32 Å². The summed E-state index contributed by atoms with van der Waals surface area (Å²) in [6, 6.07) is 36.3. The molecule has 0 aromatic heterocycles. The van der Waals surface area contributed by atoms with Gasteiger partial charge in [-0.25, -0.2) is 0 Å². The Morgan fingerprint density at radius 3 is 1.62 bits per heavy atom. The van der Waals surface area contributed by atoms with Crippen LogP contribution in [0, 0.1) is 0 Å². The summed E-state index contributed by atoms with van der Waals surface area (Å²) in [6.45, 7) is 4.41. The summed E-state index contributed by atoms with van der Waals surface area (Å²) in [4.78, 5) is 12.5. The average molecular weight is 439 g/mol. The largest absolute Gasteiger partial charge is 0.508 e. The second-order valence-corrected chi connectivity index (χ2v) is 13.0. The zero-order chi connectivity index (χ0) is 22.6. The summed E-state index contributed by atoms with van der Waals surface area (Å²) < 4.78 is 0. The van der Waals surface area contributed by atoms with E-state index in [-0.39, 0.29) is 10.8 Å². The molecule has 0 atom stereocenters. The molecule has 0 saturated carbocycles. The van der Waals surface area contributed by atoms with Gasteiger partial charge in [-0.2, -0.15) is 0 Å². The lowest BCUT2D eigenvalue weighted by Crippen LogP contribution is -2.65. The normalized spacial score (nSPS) is 12.0. The van der Waals surface area contributed by atoms with Crippen molar-refractivity contribution in [2.75, 3.05) is 0 Å². The SMILES string of the molecule is CC(C)(Cc1ccccc1Cc1ccc(O)cc1)[Si](O)(c1ccccc1)c1ccccc1. The zero-order valence-corrected chi connectivity index (χ0v) is 19.7. The predicted octanol–water partition coefficient (Wildman–Crippen LogP) is 5.06. The molecule has 4 aromatic carbocycles. The Hall–Kier alpha value is -3.14. The van der Waals surface area contributed by atoms with Crippen molar-refractivity contribution in [2.24, 2.45) is 0 Å². The zero-order valence-electron chi connectivity index (χ0n) is 18.7. The molecule has 32 heavy (non-hydrogen) atoms. The molecule has 0 spiro atoms. The van der Waals surface area contributed by atoms with E-state index in [2.05, 4.69) is 62.4 Å². The van der Waals surface area contributed by atoms with Gasteiger partial charge in [0.2, 0.25) is 0 Å². The van der Waals surface area contributed by atoms with Crippen molar-refractivity contribution in [3.8, 4) is 5.75 Å². The molecule has 0 aliphatic rings. The van der Waals surface area contributed by atoms with Gasteiger partial charge < -0.3 is 9.90 Å². The molecule has 4 aromatic rings. The second-order valence-electron chi connectivity index (χ2n) is 9.12. The smallest absolute Gasteiger partial charge is 0.258 e. The standard InChI is InChI=1S/C29H30O2Si/c1-29(2,32(31,27-13-5-3-6-14-27)28-15-7-4-8-16-28)22-25-12-10-9-11-24(25)21-23-17-19-26(30)20-18-23/h3-20,30-31H,21-22H2,1-2H3. The fourth-order valence-electron chi connectivity index (χ4n) is 4.65. The van der Waals surface area contributed by atoms with Crippen LogP contribution in [0.3, 0.4) is 0 Å².